The zero-order valence-electron chi connectivity index (χ0n) is 11.6. The molecule has 0 bridgehead atoms. The number of amides is 1. The average Bonchev–Trinajstić information content (AvgIpc) is 2.28. The van der Waals surface area contributed by atoms with Gasteiger partial charge in [0.2, 0.25) is 0 Å². The molecule has 0 aliphatic heterocycles. The maximum absolute atomic E-state index is 11.6. The van der Waals surface area contributed by atoms with Gasteiger partial charge < -0.3 is 15.6 Å². The van der Waals surface area contributed by atoms with E-state index < -0.39 is 11.7 Å². The van der Waals surface area contributed by atoms with Crippen LogP contribution in [0.1, 0.15) is 32.3 Å². The van der Waals surface area contributed by atoms with E-state index >= 15 is 0 Å². The van der Waals surface area contributed by atoms with Gasteiger partial charge in [0.05, 0.1) is 6.61 Å². The van der Waals surface area contributed by atoms with E-state index in [9.17, 15) is 9.90 Å². The second kappa shape index (κ2) is 6.54. The van der Waals surface area contributed by atoms with E-state index in [1.54, 1.807) is 39.0 Å². The Hall–Kier alpha value is -1.59. The first-order valence-electron chi connectivity index (χ1n) is 6.26. The summed E-state index contributed by atoms with van der Waals surface area (Å²) in [4.78, 5) is 11.6. The van der Waals surface area contributed by atoms with Gasteiger partial charge in [0.1, 0.15) is 5.60 Å². The Morgan fingerprint density at radius 2 is 2.16 bits per heavy atom. The van der Waals surface area contributed by atoms with Gasteiger partial charge in [-0.05, 0) is 38.5 Å². The van der Waals surface area contributed by atoms with Crippen molar-refractivity contribution >= 4 is 11.8 Å². The lowest BCUT2D eigenvalue weighted by atomic mass is 10.00. The molecule has 0 heterocycles. The molecule has 1 aromatic rings. The van der Waals surface area contributed by atoms with Gasteiger partial charge in [-0.3, -0.25) is 5.32 Å². The first-order valence-corrected chi connectivity index (χ1v) is 6.26. The van der Waals surface area contributed by atoms with E-state index in [0.717, 1.165) is 5.56 Å². The van der Waals surface area contributed by atoms with Crippen LogP contribution in [0.5, 0.6) is 0 Å². The molecule has 1 aromatic carbocycles. The van der Waals surface area contributed by atoms with Gasteiger partial charge in [-0.2, -0.15) is 0 Å². The number of hydrogen-bond acceptors (Lipinski definition) is 4. The van der Waals surface area contributed by atoms with Crippen molar-refractivity contribution in [3.63, 3.8) is 0 Å². The Balaban J connectivity index is 2.74. The van der Waals surface area contributed by atoms with Crippen molar-refractivity contribution in [2.75, 3.05) is 18.5 Å². The quantitative estimate of drug-likeness (QED) is 0.779. The lowest BCUT2D eigenvalue weighted by Crippen LogP contribution is -2.27. The Morgan fingerprint density at radius 3 is 2.68 bits per heavy atom. The Kier molecular flexibility index (Phi) is 5.32. The standard InChI is InChI=1S/C14H22N2O3/c1-14(2,3)19-13(18)16-12-6-4-5-10(7-12)11(8-15)9-17/h4-7,11,17H,8-9,15H2,1-3H3,(H,16,18). The van der Waals surface area contributed by atoms with Crippen LogP contribution in [0.4, 0.5) is 10.5 Å². The molecule has 0 radical (unpaired) electrons. The first-order chi connectivity index (χ1) is 8.85. The van der Waals surface area contributed by atoms with E-state index in [4.69, 9.17) is 10.5 Å². The van der Waals surface area contributed by atoms with Gasteiger partial charge in [0.25, 0.3) is 0 Å². The van der Waals surface area contributed by atoms with Crippen molar-refractivity contribution in [1.82, 2.24) is 0 Å². The van der Waals surface area contributed by atoms with Crippen LogP contribution in [0.25, 0.3) is 0 Å². The highest BCUT2D eigenvalue weighted by molar-refractivity contribution is 5.84. The van der Waals surface area contributed by atoms with Crippen molar-refractivity contribution < 1.29 is 14.6 Å². The normalized spacial score (nSPS) is 12.9. The number of ether oxygens (including phenoxy) is 1. The van der Waals surface area contributed by atoms with Crippen molar-refractivity contribution in [2.24, 2.45) is 5.73 Å². The topological polar surface area (TPSA) is 84.6 Å². The summed E-state index contributed by atoms with van der Waals surface area (Å²) in [5.41, 5.74) is 6.55. The summed E-state index contributed by atoms with van der Waals surface area (Å²) in [5, 5.41) is 11.9. The number of nitrogens with two attached hydrogens (primary N) is 1. The molecule has 0 saturated heterocycles. The molecule has 106 valence electrons. The Bertz CT molecular complexity index is 423. The molecule has 0 saturated carbocycles. The predicted octanol–water partition coefficient (Wildman–Crippen LogP) is 2.07. The van der Waals surface area contributed by atoms with E-state index in [-0.39, 0.29) is 12.5 Å². The SMILES string of the molecule is CC(C)(C)OC(=O)Nc1cccc(C(CN)CO)c1. The molecule has 5 heteroatoms. The molecular weight excluding hydrogens is 244 g/mol. The zero-order valence-corrected chi connectivity index (χ0v) is 11.6. The number of rotatable bonds is 4. The van der Waals surface area contributed by atoms with Crippen LogP contribution in [0.15, 0.2) is 24.3 Å². The van der Waals surface area contributed by atoms with Crippen molar-refractivity contribution in [1.29, 1.82) is 0 Å². The molecule has 0 spiro atoms. The van der Waals surface area contributed by atoms with E-state index in [2.05, 4.69) is 5.32 Å². The number of aliphatic hydroxyl groups is 1. The lowest BCUT2D eigenvalue weighted by molar-refractivity contribution is 0.0636. The second-order valence-corrected chi connectivity index (χ2v) is 5.37. The second-order valence-electron chi connectivity index (χ2n) is 5.37. The van der Waals surface area contributed by atoms with E-state index in [1.165, 1.54) is 0 Å². The fraction of sp³-hybridized carbons (Fsp3) is 0.500. The minimum absolute atomic E-state index is 0.0214. The third-order valence-electron chi connectivity index (χ3n) is 2.51. The smallest absolute Gasteiger partial charge is 0.412 e. The summed E-state index contributed by atoms with van der Waals surface area (Å²) in [6, 6.07) is 7.23. The third kappa shape index (κ3) is 5.28. The number of carbonyl (C=O) groups is 1. The highest BCUT2D eigenvalue weighted by Crippen LogP contribution is 2.19. The molecule has 19 heavy (non-hydrogen) atoms. The molecule has 1 rings (SSSR count). The van der Waals surface area contributed by atoms with Crippen LogP contribution < -0.4 is 11.1 Å². The summed E-state index contributed by atoms with van der Waals surface area (Å²) in [5.74, 6) is -0.125. The maximum Gasteiger partial charge on any atom is 0.412 e. The van der Waals surface area contributed by atoms with Crippen LogP contribution in [-0.2, 0) is 4.74 Å². The van der Waals surface area contributed by atoms with Gasteiger partial charge in [0, 0.05) is 18.2 Å². The number of carbonyl (C=O) groups excluding carboxylic acids is 1. The van der Waals surface area contributed by atoms with Crippen LogP contribution >= 0.6 is 0 Å². The number of hydrogen-bond donors (Lipinski definition) is 3. The van der Waals surface area contributed by atoms with Gasteiger partial charge in [-0.15, -0.1) is 0 Å². The molecule has 1 amide bonds. The molecule has 1 atom stereocenters. The molecule has 1 unspecified atom stereocenters. The van der Waals surface area contributed by atoms with Crippen molar-refractivity contribution in [2.45, 2.75) is 32.3 Å². The summed E-state index contributed by atoms with van der Waals surface area (Å²) >= 11 is 0. The maximum atomic E-state index is 11.6. The summed E-state index contributed by atoms with van der Waals surface area (Å²) in [6.07, 6.45) is -0.502. The molecule has 0 fully saturated rings. The number of anilines is 1. The average molecular weight is 266 g/mol. The number of aliphatic hydroxyl groups excluding tert-OH is 1. The van der Waals surface area contributed by atoms with Crippen LogP contribution in [0.2, 0.25) is 0 Å². The fourth-order valence-corrected chi connectivity index (χ4v) is 1.61. The van der Waals surface area contributed by atoms with Crippen LogP contribution in [-0.4, -0.2) is 30.0 Å². The largest absolute Gasteiger partial charge is 0.444 e. The zero-order chi connectivity index (χ0) is 14.5. The van der Waals surface area contributed by atoms with Gasteiger partial charge in [-0.1, -0.05) is 12.1 Å². The first kappa shape index (κ1) is 15.5. The van der Waals surface area contributed by atoms with Gasteiger partial charge in [-0.25, -0.2) is 4.79 Å². The van der Waals surface area contributed by atoms with E-state index in [1.807, 2.05) is 6.07 Å². The predicted molar refractivity (Wildman–Crippen MR) is 75.2 cm³/mol. The van der Waals surface area contributed by atoms with Crippen molar-refractivity contribution in [3.05, 3.63) is 29.8 Å². The summed E-state index contributed by atoms with van der Waals surface area (Å²) < 4.78 is 5.17. The third-order valence-corrected chi connectivity index (χ3v) is 2.51. The summed E-state index contributed by atoms with van der Waals surface area (Å²) in [6.45, 7) is 5.75. The van der Waals surface area contributed by atoms with Crippen LogP contribution in [0.3, 0.4) is 0 Å². The summed E-state index contributed by atoms with van der Waals surface area (Å²) in [7, 11) is 0. The highest BCUT2D eigenvalue weighted by Gasteiger charge is 2.16. The monoisotopic (exact) mass is 266 g/mol. The van der Waals surface area contributed by atoms with Gasteiger partial charge in [0.15, 0.2) is 0 Å². The fourth-order valence-electron chi connectivity index (χ4n) is 1.61. The van der Waals surface area contributed by atoms with Gasteiger partial charge >= 0.3 is 6.09 Å². The Morgan fingerprint density at radius 1 is 1.47 bits per heavy atom. The highest BCUT2D eigenvalue weighted by atomic mass is 16.6. The minimum Gasteiger partial charge on any atom is -0.444 e. The number of nitrogens with one attached hydrogen (secondary N) is 1. The van der Waals surface area contributed by atoms with Crippen molar-refractivity contribution in [3.8, 4) is 0 Å². The Labute approximate surface area is 113 Å². The molecule has 0 aliphatic carbocycles. The van der Waals surface area contributed by atoms with Crippen LogP contribution in [0, 0.1) is 0 Å². The molecule has 5 nitrogen and oxygen atoms in total. The molecular formula is C14H22N2O3. The molecule has 0 aliphatic rings. The molecule has 0 aromatic heterocycles. The molecule has 4 N–H and O–H groups in total. The number of benzene rings is 1. The van der Waals surface area contributed by atoms with E-state index in [0.29, 0.717) is 12.2 Å². The lowest BCUT2D eigenvalue weighted by Gasteiger charge is -2.20. The minimum atomic E-state index is -0.535.